The number of aromatic amines is 1. The Labute approximate surface area is 222 Å². The summed E-state index contributed by atoms with van der Waals surface area (Å²) in [6, 6.07) is 0.258. The van der Waals surface area contributed by atoms with Crippen LogP contribution in [0.2, 0.25) is 0 Å². The molecular formula is C27H40N8O3. The average Bonchev–Trinajstić information content (AvgIpc) is 3.43. The number of imidazole rings is 1. The first-order valence-corrected chi connectivity index (χ1v) is 14.2. The fourth-order valence-corrected chi connectivity index (χ4v) is 6.21. The van der Waals surface area contributed by atoms with Crippen molar-refractivity contribution < 1.29 is 9.26 Å². The molecule has 0 aromatic carbocycles. The fraction of sp³-hybridized carbons (Fsp3) is 0.741. The summed E-state index contributed by atoms with van der Waals surface area (Å²) in [7, 11) is 0. The molecule has 4 heterocycles. The molecule has 0 bridgehead atoms. The number of hydrogen-bond donors (Lipinski definition) is 2. The highest BCUT2D eigenvalue weighted by Crippen LogP contribution is 2.38. The van der Waals surface area contributed by atoms with E-state index in [2.05, 4.69) is 52.6 Å². The van der Waals surface area contributed by atoms with Gasteiger partial charge in [-0.2, -0.15) is 4.98 Å². The zero-order valence-corrected chi connectivity index (χ0v) is 23.0. The molecule has 11 nitrogen and oxygen atoms in total. The van der Waals surface area contributed by atoms with Crippen molar-refractivity contribution in [3.8, 4) is 11.6 Å². The molecule has 0 amide bonds. The summed E-state index contributed by atoms with van der Waals surface area (Å²) in [6.45, 7) is 11.9. The highest BCUT2D eigenvalue weighted by atomic mass is 16.5. The zero-order valence-electron chi connectivity index (χ0n) is 23.0. The number of H-pyrrole nitrogens is 1. The molecule has 3 fully saturated rings. The van der Waals surface area contributed by atoms with E-state index in [1.165, 1.54) is 44.9 Å². The smallest absolute Gasteiger partial charge is 0.377 e. The van der Waals surface area contributed by atoms with Crippen LogP contribution in [0.4, 0.5) is 11.8 Å². The highest BCUT2D eigenvalue weighted by Gasteiger charge is 2.36. The lowest BCUT2D eigenvalue weighted by atomic mass is 9.80. The van der Waals surface area contributed by atoms with Gasteiger partial charge in [-0.3, -0.25) is 9.51 Å². The average molecular weight is 525 g/mol. The van der Waals surface area contributed by atoms with Crippen LogP contribution in [0.25, 0.3) is 22.8 Å². The Morgan fingerprint density at radius 2 is 1.92 bits per heavy atom. The van der Waals surface area contributed by atoms with Crippen LogP contribution in [-0.2, 0) is 11.3 Å². The topological polar surface area (TPSA) is 127 Å². The quantitative estimate of drug-likeness (QED) is 0.467. The monoisotopic (exact) mass is 524 g/mol. The van der Waals surface area contributed by atoms with Gasteiger partial charge in [0.1, 0.15) is 5.52 Å². The number of nitrogens with zero attached hydrogens (tertiary/aromatic N) is 6. The standard InChI is InChI=1S/C27H40N8O3/c1-16-8-10-18(11-9-16)14-34-20-21(28-17(2)19-6-5-7-19)29-23(24-32-26(36)38-33-24)30-22(20)31-25(34)35-12-13-37-15-27(35,3)4/h16-19H,5-15H2,1-4H3,(H,28,29,30)(H,32,33,36)/t16?,17-,18?/m1/s1. The van der Waals surface area contributed by atoms with Gasteiger partial charge in [0.25, 0.3) is 0 Å². The van der Waals surface area contributed by atoms with Crippen molar-refractivity contribution >= 4 is 22.9 Å². The molecule has 206 valence electrons. The first-order chi connectivity index (χ1) is 18.3. The van der Waals surface area contributed by atoms with Gasteiger partial charge in [0, 0.05) is 19.1 Å². The van der Waals surface area contributed by atoms with E-state index in [9.17, 15) is 4.79 Å². The summed E-state index contributed by atoms with van der Waals surface area (Å²) >= 11 is 0. The lowest BCUT2D eigenvalue weighted by Crippen LogP contribution is -2.54. The molecule has 6 rings (SSSR count). The van der Waals surface area contributed by atoms with Gasteiger partial charge in [-0.15, -0.1) is 0 Å². The Hall–Kier alpha value is -2.95. The van der Waals surface area contributed by atoms with Crippen molar-refractivity contribution in [2.24, 2.45) is 17.8 Å². The lowest BCUT2D eigenvalue weighted by molar-refractivity contribution is 0.0628. The van der Waals surface area contributed by atoms with E-state index in [0.29, 0.717) is 36.5 Å². The number of hydrogen-bond acceptors (Lipinski definition) is 9. The third-order valence-electron chi connectivity index (χ3n) is 8.92. The van der Waals surface area contributed by atoms with Crippen LogP contribution in [0.1, 0.15) is 72.6 Å². The summed E-state index contributed by atoms with van der Waals surface area (Å²) in [6.07, 6.45) is 8.67. The van der Waals surface area contributed by atoms with Crippen molar-refractivity contribution in [3.63, 3.8) is 0 Å². The number of aromatic nitrogens is 6. The largest absolute Gasteiger partial charge is 0.439 e. The maximum absolute atomic E-state index is 11.7. The maximum Gasteiger partial charge on any atom is 0.439 e. The van der Waals surface area contributed by atoms with E-state index in [1.807, 2.05) is 0 Å². The maximum atomic E-state index is 11.7. The summed E-state index contributed by atoms with van der Waals surface area (Å²) < 4.78 is 13.0. The molecule has 1 atom stereocenters. The Kier molecular flexibility index (Phi) is 6.65. The second-order valence-corrected chi connectivity index (χ2v) is 12.3. The van der Waals surface area contributed by atoms with E-state index in [-0.39, 0.29) is 17.4 Å². The van der Waals surface area contributed by atoms with Gasteiger partial charge < -0.3 is 19.5 Å². The van der Waals surface area contributed by atoms with E-state index in [1.54, 1.807) is 0 Å². The molecule has 3 aliphatic rings. The number of ether oxygens (including phenoxy) is 1. The summed E-state index contributed by atoms with van der Waals surface area (Å²) in [4.78, 5) is 31.5. The predicted octanol–water partition coefficient (Wildman–Crippen LogP) is 4.21. The van der Waals surface area contributed by atoms with E-state index in [0.717, 1.165) is 36.3 Å². The fourth-order valence-electron chi connectivity index (χ4n) is 6.21. The summed E-state index contributed by atoms with van der Waals surface area (Å²) in [5.74, 6) is 3.51. The summed E-state index contributed by atoms with van der Waals surface area (Å²) in [5.41, 5.74) is 1.31. The molecule has 1 aliphatic heterocycles. The Morgan fingerprint density at radius 3 is 2.58 bits per heavy atom. The highest BCUT2D eigenvalue weighted by molar-refractivity contribution is 5.87. The minimum atomic E-state index is -0.631. The van der Waals surface area contributed by atoms with Crippen LogP contribution in [0.5, 0.6) is 0 Å². The lowest BCUT2D eigenvalue weighted by Gasteiger charge is -2.43. The molecule has 1 saturated heterocycles. The molecule has 3 aromatic heterocycles. The van der Waals surface area contributed by atoms with Crippen LogP contribution in [0.3, 0.4) is 0 Å². The molecule has 0 radical (unpaired) electrons. The van der Waals surface area contributed by atoms with Crippen molar-refractivity contribution in [1.82, 2.24) is 29.7 Å². The van der Waals surface area contributed by atoms with Crippen LogP contribution in [-0.4, -0.2) is 61.0 Å². The Balaban J connectivity index is 1.50. The van der Waals surface area contributed by atoms with Crippen LogP contribution < -0.4 is 16.0 Å². The number of rotatable bonds is 7. The van der Waals surface area contributed by atoms with Crippen LogP contribution in [0, 0.1) is 17.8 Å². The van der Waals surface area contributed by atoms with Gasteiger partial charge in [-0.1, -0.05) is 31.3 Å². The number of morpholine rings is 1. The molecule has 2 N–H and O–H groups in total. The first-order valence-electron chi connectivity index (χ1n) is 14.2. The molecule has 0 spiro atoms. The first kappa shape index (κ1) is 25.3. The second-order valence-electron chi connectivity index (χ2n) is 12.3. The third kappa shape index (κ3) is 4.81. The SMILES string of the molecule is CC1CCC(Cn2c(N3CCOCC3(C)C)nc3nc(-c4noc(=O)[nH]4)nc(N[C@H](C)C4CCC4)c32)CC1. The van der Waals surface area contributed by atoms with Gasteiger partial charge in [0.05, 0.1) is 18.8 Å². The summed E-state index contributed by atoms with van der Waals surface area (Å²) in [5, 5.41) is 7.58. The van der Waals surface area contributed by atoms with Gasteiger partial charge >= 0.3 is 5.76 Å². The van der Waals surface area contributed by atoms with E-state index >= 15 is 0 Å². The van der Waals surface area contributed by atoms with Crippen LogP contribution >= 0.6 is 0 Å². The van der Waals surface area contributed by atoms with Gasteiger partial charge in [-0.25, -0.2) is 14.8 Å². The third-order valence-corrected chi connectivity index (χ3v) is 8.92. The van der Waals surface area contributed by atoms with Crippen molar-refractivity contribution in [3.05, 3.63) is 10.6 Å². The molecule has 3 aromatic rings. The molecule has 2 aliphatic carbocycles. The van der Waals surface area contributed by atoms with Gasteiger partial charge in [0.15, 0.2) is 11.5 Å². The Bertz CT molecular complexity index is 1330. The number of anilines is 2. The number of nitrogens with one attached hydrogen (secondary N) is 2. The van der Waals surface area contributed by atoms with Crippen molar-refractivity contribution in [2.45, 2.75) is 90.8 Å². The molecular weight excluding hydrogens is 484 g/mol. The van der Waals surface area contributed by atoms with Crippen LogP contribution in [0.15, 0.2) is 9.32 Å². The molecule has 0 unspecified atom stereocenters. The van der Waals surface area contributed by atoms with Gasteiger partial charge in [0.2, 0.25) is 17.6 Å². The van der Waals surface area contributed by atoms with Crippen molar-refractivity contribution in [2.75, 3.05) is 30.0 Å². The van der Waals surface area contributed by atoms with E-state index in [4.69, 9.17) is 24.2 Å². The second kappa shape index (κ2) is 9.98. The van der Waals surface area contributed by atoms with Crippen molar-refractivity contribution in [1.29, 1.82) is 0 Å². The predicted molar refractivity (Wildman–Crippen MR) is 145 cm³/mol. The zero-order chi connectivity index (χ0) is 26.4. The van der Waals surface area contributed by atoms with E-state index < -0.39 is 5.76 Å². The molecule has 11 heteroatoms. The van der Waals surface area contributed by atoms with Gasteiger partial charge in [-0.05, 0) is 64.2 Å². The normalized spacial score (nSPS) is 24.9. The minimum Gasteiger partial charge on any atom is -0.377 e. The Morgan fingerprint density at radius 1 is 1.13 bits per heavy atom. The minimum absolute atomic E-state index is 0.209. The molecule has 38 heavy (non-hydrogen) atoms. The molecule has 2 saturated carbocycles. The number of fused-ring (bicyclic) bond motifs is 1.